The summed E-state index contributed by atoms with van der Waals surface area (Å²) in [5, 5.41) is 9.66. The van der Waals surface area contributed by atoms with Crippen molar-refractivity contribution >= 4 is 16.9 Å². The molecule has 2 heterocycles. The molecule has 4 rings (SSSR count). The molecular formula is C25H20F3NO4. The van der Waals surface area contributed by atoms with Crippen molar-refractivity contribution in [3.05, 3.63) is 71.8 Å². The fourth-order valence-corrected chi connectivity index (χ4v) is 3.55. The number of rotatable bonds is 7. The lowest BCUT2D eigenvalue weighted by Crippen LogP contribution is -2.17. The summed E-state index contributed by atoms with van der Waals surface area (Å²) in [5.74, 6) is -0.878. The number of alkyl halides is 3. The van der Waals surface area contributed by atoms with Crippen molar-refractivity contribution < 1.29 is 32.2 Å². The van der Waals surface area contributed by atoms with E-state index in [1.54, 1.807) is 12.1 Å². The maximum absolute atomic E-state index is 12.5. The fraction of sp³-hybridized carbons (Fsp3) is 0.200. The van der Waals surface area contributed by atoms with Gasteiger partial charge in [-0.15, -0.1) is 13.2 Å². The van der Waals surface area contributed by atoms with Crippen molar-refractivity contribution in [3.8, 4) is 28.5 Å². The molecule has 0 saturated carbocycles. The van der Waals surface area contributed by atoms with Crippen LogP contribution in [-0.4, -0.2) is 22.4 Å². The lowest BCUT2D eigenvalue weighted by atomic mass is 10.1. The number of aromatic carboxylic acids is 1. The number of carboxylic acids is 1. The van der Waals surface area contributed by atoms with Gasteiger partial charge in [0.1, 0.15) is 17.2 Å². The van der Waals surface area contributed by atoms with Gasteiger partial charge in [0.25, 0.3) is 0 Å². The first-order valence-electron chi connectivity index (χ1n) is 10.4. The molecule has 0 spiro atoms. The summed E-state index contributed by atoms with van der Waals surface area (Å²) in [7, 11) is 0. The highest BCUT2D eigenvalue weighted by Crippen LogP contribution is 2.33. The second kappa shape index (κ2) is 8.97. The SMILES string of the molecule is CCCCc1ccc(-c2ccc(-c3cc(C(=O)O)c4cc(OC(F)(F)F)ccc4n3)o2)cc1. The lowest BCUT2D eigenvalue weighted by molar-refractivity contribution is -0.274. The van der Waals surface area contributed by atoms with Gasteiger partial charge in [0, 0.05) is 10.9 Å². The highest BCUT2D eigenvalue weighted by molar-refractivity contribution is 6.04. The molecule has 0 atom stereocenters. The van der Waals surface area contributed by atoms with E-state index in [2.05, 4.69) is 16.6 Å². The molecule has 0 bridgehead atoms. The Labute approximate surface area is 187 Å². The molecule has 2 aromatic carbocycles. The van der Waals surface area contributed by atoms with Crippen LogP contribution in [0.15, 0.2) is 65.1 Å². The van der Waals surface area contributed by atoms with Crippen LogP contribution in [0.4, 0.5) is 13.2 Å². The molecule has 0 fully saturated rings. The number of aromatic nitrogens is 1. The third-order valence-electron chi connectivity index (χ3n) is 5.16. The number of benzene rings is 2. The van der Waals surface area contributed by atoms with Gasteiger partial charge in [0.05, 0.1) is 11.1 Å². The van der Waals surface area contributed by atoms with E-state index in [9.17, 15) is 23.1 Å². The molecule has 0 aliphatic carbocycles. The predicted molar refractivity (Wildman–Crippen MR) is 117 cm³/mol. The number of hydrogen-bond donors (Lipinski definition) is 1. The molecular weight excluding hydrogens is 435 g/mol. The monoisotopic (exact) mass is 455 g/mol. The molecule has 5 nitrogen and oxygen atoms in total. The van der Waals surface area contributed by atoms with Gasteiger partial charge in [-0.1, -0.05) is 37.6 Å². The van der Waals surface area contributed by atoms with E-state index >= 15 is 0 Å². The molecule has 0 unspecified atom stereocenters. The van der Waals surface area contributed by atoms with Crippen molar-refractivity contribution in [1.29, 1.82) is 0 Å². The third kappa shape index (κ3) is 5.16. The van der Waals surface area contributed by atoms with Crippen LogP contribution in [0, 0.1) is 0 Å². The Hall–Kier alpha value is -3.81. The minimum Gasteiger partial charge on any atom is -0.478 e. The second-order valence-electron chi connectivity index (χ2n) is 7.55. The molecule has 4 aromatic rings. The number of pyridine rings is 1. The maximum Gasteiger partial charge on any atom is 0.573 e. The van der Waals surface area contributed by atoms with E-state index in [0.29, 0.717) is 11.5 Å². The van der Waals surface area contributed by atoms with E-state index in [1.165, 1.54) is 17.7 Å². The molecule has 33 heavy (non-hydrogen) atoms. The zero-order valence-corrected chi connectivity index (χ0v) is 17.6. The maximum atomic E-state index is 12.5. The predicted octanol–water partition coefficient (Wildman–Crippen LogP) is 7.10. The lowest BCUT2D eigenvalue weighted by Gasteiger charge is -2.11. The Kier molecular flexibility index (Phi) is 6.09. The van der Waals surface area contributed by atoms with Crippen LogP contribution in [-0.2, 0) is 6.42 Å². The van der Waals surface area contributed by atoms with E-state index in [0.717, 1.165) is 37.0 Å². The van der Waals surface area contributed by atoms with Crippen molar-refractivity contribution in [2.24, 2.45) is 0 Å². The minimum atomic E-state index is -4.89. The zero-order valence-electron chi connectivity index (χ0n) is 17.6. The first-order chi connectivity index (χ1) is 15.7. The molecule has 0 saturated heterocycles. The van der Waals surface area contributed by atoms with Crippen LogP contribution in [0.2, 0.25) is 0 Å². The Morgan fingerprint density at radius 3 is 2.42 bits per heavy atom. The van der Waals surface area contributed by atoms with Gasteiger partial charge in [0.2, 0.25) is 0 Å². The molecule has 8 heteroatoms. The van der Waals surface area contributed by atoms with Crippen LogP contribution in [0.25, 0.3) is 33.7 Å². The molecule has 0 radical (unpaired) electrons. The van der Waals surface area contributed by atoms with E-state index in [-0.39, 0.29) is 22.2 Å². The van der Waals surface area contributed by atoms with Crippen LogP contribution in [0.5, 0.6) is 5.75 Å². The molecule has 1 N–H and O–H groups in total. The fourth-order valence-electron chi connectivity index (χ4n) is 3.55. The van der Waals surface area contributed by atoms with Gasteiger partial charge in [-0.05, 0) is 54.8 Å². The summed E-state index contributed by atoms with van der Waals surface area (Å²) in [5.41, 5.74) is 2.37. The molecule has 0 amide bonds. The Morgan fingerprint density at radius 2 is 1.76 bits per heavy atom. The molecule has 0 aliphatic rings. The van der Waals surface area contributed by atoms with Gasteiger partial charge >= 0.3 is 12.3 Å². The van der Waals surface area contributed by atoms with Crippen LogP contribution in [0.3, 0.4) is 0 Å². The topological polar surface area (TPSA) is 72.6 Å². The summed E-state index contributed by atoms with van der Waals surface area (Å²) in [6.45, 7) is 2.14. The van der Waals surface area contributed by atoms with Crippen molar-refractivity contribution in [1.82, 2.24) is 4.98 Å². The van der Waals surface area contributed by atoms with Crippen molar-refractivity contribution in [2.75, 3.05) is 0 Å². The van der Waals surface area contributed by atoms with Crippen LogP contribution in [0.1, 0.15) is 35.7 Å². The normalized spacial score (nSPS) is 11.6. The van der Waals surface area contributed by atoms with Gasteiger partial charge < -0.3 is 14.3 Å². The average molecular weight is 455 g/mol. The zero-order chi connectivity index (χ0) is 23.6. The standard InChI is InChI=1S/C25H20F3NO4/c1-2-3-4-15-5-7-16(8-6-15)22-11-12-23(32-22)21-14-19(24(30)31)18-13-17(33-25(26,27)28)9-10-20(18)29-21/h5-14H,2-4H2,1H3,(H,30,31). The van der Waals surface area contributed by atoms with Gasteiger partial charge in [-0.2, -0.15) is 0 Å². The number of halogens is 3. The molecule has 170 valence electrons. The first kappa shape index (κ1) is 22.4. The molecule has 2 aromatic heterocycles. The van der Waals surface area contributed by atoms with E-state index < -0.39 is 18.1 Å². The number of furan rings is 1. The Balaban J connectivity index is 1.68. The van der Waals surface area contributed by atoms with Gasteiger partial charge in [-0.25, -0.2) is 9.78 Å². The highest BCUT2D eigenvalue weighted by Gasteiger charge is 2.31. The molecule has 0 aliphatic heterocycles. The number of aryl methyl sites for hydroxylation is 1. The average Bonchev–Trinajstić information content (AvgIpc) is 3.26. The van der Waals surface area contributed by atoms with Gasteiger partial charge in [0.15, 0.2) is 5.76 Å². The number of unbranched alkanes of at least 4 members (excludes halogenated alkanes) is 1. The quantitative estimate of drug-likeness (QED) is 0.322. The summed E-state index contributed by atoms with van der Waals surface area (Å²) >= 11 is 0. The van der Waals surface area contributed by atoms with Crippen molar-refractivity contribution in [2.45, 2.75) is 32.5 Å². The number of carbonyl (C=O) groups is 1. The Bertz CT molecular complexity index is 1290. The van der Waals surface area contributed by atoms with Crippen molar-refractivity contribution in [3.63, 3.8) is 0 Å². The Morgan fingerprint density at radius 1 is 1.03 bits per heavy atom. The van der Waals surface area contributed by atoms with E-state index in [1.807, 2.05) is 24.3 Å². The highest BCUT2D eigenvalue weighted by atomic mass is 19.4. The van der Waals surface area contributed by atoms with Gasteiger partial charge in [-0.3, -0.25) is 0 Å². The minimum absolute atomic E-state index is 0.0300. The van der Waals surface area contributed by atoms with Crippen LogP contribution < -0.4 is 4.74 Å². The number of hydrogen-bond acceptors (Lipinski definition) is 4. The summed E-state index contributed by atoms with van der Waals surface area (Å²) in [6, 6.07) is 16.1. The second-order valence-corrected chi connectivity index (χ2v) is 7.55. The number of ether oxygens (including phenoxy) is 1. The first-order valence-corrected chi connectivity index (χ1v) is 10.4. The largest absolute Gasteiger partial charge is 0.573 e. The number of carboxylic acid groups (broad SMARTS) is 1. The number of nitrogens with zero attached hydrogens (tertiary/aromatic N) is 1. The smallest absolute Gasteiger partial charge is 0.478 e. The van der Waals surface area contributed by atoms with Crippen LogP contribution >= 0.6 is 0 Å². The summed E-state index contributed by atoms with van der Waals surface area (Å²) in [4.78, 5) is 16.2. The summed E-state index contributed by atoms with van der Waals surface area (Å²) in [6.07, 6.45) is -1.64. The third-order valence-corrected chi connectivity index (χ3v) is 5.16. The van der Waals surface area contributed by atoms with E-state index in [4.69, 9.17) is 4.42 Å². The summed E-state index contributed by atoms with van der Waals surface area (Å²) < 4.78 is 47.4. The number of fused-ring (bicyclic) bond motifs is 1.